The van der Waals surface area contributed by atoms with Crippen LogP contribution in [0.25, 0.3) is 0 Å². The standard InChI is InChI=1S/C11H18N.C7H8O3S/c1-4-12(2,3)10-11-8-6-5-7-9-11;1-6-2-4-7(5-3-6)11(8,9)10/h5-9H,4,10H2,1-3H3;2-5H,1H3,(H,8,9,10)/q+1;/p-1. The minimum atomic E-state index is -4.27. The smallest absolute Gasteiger partial charge is 0.124 e. The first-order chi connectivity index (χ1) is 10.6. The van der Waals surface area contributed by atoms with Gasteiger partial charge in [0, 0.05) is 5.56 Å². The minimum Gasteiger partial charge on any atom is -0.744 e. The number of hydrogen-bond donors (Lipinski definition) is 0. The number of hydrogen-bond acceptors (Lipinski definition) is 3. The predicted molar refractivity (Wildman–Crippen MR) is 91.9 cm³/mol. The summed E-state index contributed by atoms with van der Waals surface area (Å²) >= 11 is 0. The summed E-state index contributed by atoms with van der Waals surface area (Å²) in [5, 5.41) is 0. The lowest BCUT2D eigenvalue weighted by Gasteiger charge is -2.28. The Hall–Kier alpha value is -1.69. The Morgan fingerprint density at radius 3 is 1.91 bits per heavy atom. The highest BCUT2D eigenvalue weighted by Crippen LogP contribution is 2.08. The van der Waals surface area contributed by atoms with E-state index in [4.69, 9.17) is 0 Å². The van der Waals surface area contributed by atoms with E-state index in [1.54, 1.807) is 12.1 Å². The lowest BCUT2D eigenvalue weighted by atomic mass is 10.2. The van der Waals surface area contributed by atoms with Gasteiger partial charge in [-0.25, -0.2) is 8.42 Å². The van der Waals surface area contributed by atoms with E-state index in [-0.39, 0.29) is 4.90 Å². The molecule has 2 aromatic rings. The molecule has 2 rings (SSSR count). The summed E-state index contributed by atoms with van der Waals surface area (Å²) in [5.74, 6) is 0. The lowest BCUT2D eigenvalue weighted by Crippen LogP contribution is -2.38. The van der Waals surface area contributed by atoms with Crippen LogP contribution in [0.4, 0.5) is 0 Å². The Labute approximate surface area is 139 Å². The highest BCUT2D eigenvalue weighted by atomic mass is 32.2. The second-order valence-corrected chi connectivity index (χ2v) is 7.54. The number of benzene rings is 2. The Kier molecular flexibility index (Phi) is 6.94. The first kappa shape index (κ1) is 19.4. The van der Waals surface area contributed by atoms with Gasteiger partial charge in [-0.15, -0.1) is 0 Å². The normalized spacial score (nSPS) is 11.5. The Morgan fingerprint density at radius 1 is 0.957 bits per heavy atom. The van der Waals surface area contributed by atoms with Gasteiger partial charge in [-0.1, -0.05) is 48.0 Å². The lowest BCUT2D eigenvalue weighted by molar-refractivity contribution is -0.901. The maximum absolute atomic E-state index is 10.4. The van der Waals surface area contributed by atoms with Crippen LogP contribution >= 0.6 is 0 Å². The van der Waals surface area contributed by atoms with Crippen molar-refractivity contribution in [2.45, 2.75) is 25.3 Å². The summed E-state index contributed by atoms with van der Waals surface area (Å²) < 4.78 is 32.2. The highest BCUT2D eigenvalue weighted by Gasteiger charge is 2.11. The zero-order chi connectivity index (χ0) is 17.5. The Bertz CT molecular complexity index is 693. The van der Waals surface area contributed by atoms with Crippen LogP contribution in [0.2, 0.25) is 0 Å². The Balaban J connectivity index is 0.000000231. The number of rotatable bonds is 4. The van der Waals surface area contributed by atoms with Gasteiger partial charge in [0.2, 0.25) is 0 Å². The molecule has 0 aliphatic heterocycles. The largest absolute Gasteiger partial charge is 0.744 e. The van der Waals surface area contributed by atoms with Gasteiger partial charge in [0.1, 0.15) is 16.7 Å². The van der Waals surface area contributed by atoms with E-state index in [0.29, 0.717) is 0 Å². The molecule has 0 bridgehead atoms. The molecule has 5 heteroatoms. The quantitative estimate of drug-likeness (QED) is 0.637. The molecule has 0 saturated heterocycles. The summed E-state index contributed by atoms with van der Waals surface area (Å²) in [6.07, 6.45) is 0. The van der Waals surface area contributed by atoms with Crippen LogP contribution < -0.4 is 0 Å². The van der Waals surface area contributed by atoms with E-state index < -0.39 is 10.1 Å². The van der Waals surface area contributed by atoms with Crippen LogP contribution in [0.5, 0.6) is 0 Å². The molecule has 4 nitrogen and oxygen atoms in total. The summed E-state index contributed by atoms with van der Waals surface area (Å²) in [6.45, 7) is 6.34. The third-order valence-electron chi connectivity index (χ3n) is 3.62. The van der Waals surface area contributed by atoms with Gasteiger partial charge in [-0.2, -0.15) is 0 Å². The second kappa shape index (κ2) is 8.24. The fourth-order valence-corrected chi connectivity index (χ4v) is 2.36. The van der Waals surface area contributed by atoms with Gasteiger partial charge >= 0.3 is 0 Å². The van der Waals surface area contributed by atoms with Crippen LogP contribution in [0, 0.1) is 6.92 Å². The van der Waals surface area contributed by atoms with Crippen molar-refractivity contribution < 1.29 is 17.5 Å². The van der Waals surface area contributed by atoms with Crippen molar-refractivity contribution in [3.05, 3.63) is 65.7 Å². The average molecular weight is 335 g/mol. The van der Waals surface area contributed by atoms with E-state index in [1.807, 2.05) is 6.92 Å². The van der Waals surface area contributed by atoms with Gasteiger partial charge in [-0.3, -0.25) is 0 Å². The molecular formula is C18H25NO3S. The van der Waals surface area contributed by atoms with E-state index >= 15 is 0 Å². The van der Waals surface area contributed by atoms with Crippen molar-refractivity contribution in [3.63, 3.8) is 0 Å². The average Bonchev–Trinajstić information content (AvgIpc) is 2.48. The third kappa shape index (κ3) is 7.41. The molecule has 23 heavy (non-hydrogen) atoms. The first-order valence-electron chi connectivity index (χ1n) is 7.52. The SMILES string of the molecule is CC[N+](C)(C)Cc1ccccc1.Cc1ccc(S(=O)(=O)[O-])cc1. The molecule has 2 aromatic carbocycles. The van der Waals surface area contributed by atoms with Crippen LogP contribution in [-0.2, 0) is 16.7 Å². The Morgan fingerprint density at radius 2 is 1.48 bits per heavy atom. The fourth-order valence-electron chi connectivity index (χ4n) is 1.89. The first-order valence-corrected chi connectivity index (χ1v) is 8.93. The van der Waals surface area contributed by atoms with Gasteiger partial charge in [0.15, 0.2) is 0 Å². The summed E-state index contributed by atoms with van der Waals surface area (Å²) in [6, 6.07) is 16.4. The van der Waals surface area contributed by atoms with E-state index in [0.717, 1.165) is 16.6 Å². The molecule has 0 radical (unpaired) electrons. The number of nitrogens with zero attached hydrogens (tertiary/aromatic N) is 1. The number of aryl methyl sites for hydroxylation is 1. The zero-order valence-corrected chi connectivity index (χ0v) is 15.0. The highest BCUT2D eigenvalue weighted by molar-refractivity contribution is 7.85. The molecule has 0 saturated carbocycles. The van der Waals surface area contributed by atoms with Gasteiger partial charge in [0.05, 0.1) is 25.5 Å². The van der Waals surface area contributed by atoms with Crippen LogP contribution in [0.3, 0.4) is 0 Å². The van der Waals surface area contributed by atoms with Crippen LogP contribution in [0.1, 0.15) is 18.1 Å². The molecule has 0 spiro atoms. The topological polar surface area (TPSA) is 57.2 Å². The van der Waals surface area contributed by atoms with Crippen molar-refractivity contribution in [2.75, 3.05) is 20.6 Å². The van der Waals surface area contributed by atoms with Crippen molar-refractivity contribution in [3.8, 4) is 0 Å². The van der Waals surface area contributed by atoms with Crippen molar-refractivity contribution in [2.24, 2.45) is 0 Å². The molecule has 0 unspecified atom stereocenters. The molecule has 0 aliphatic carbocycles. The van der Waals surface area contributed by atoms with Crippen molar-refractivity contribution >= 4 is 10.1 Å². The second-order valence-electron chi connectivity index (χ2n) is 6.16. The van der Waals surface area contributed by atoms with E-state index in [9.17, 15) is 13.0 Å². The monoisotopic (exact) mass is 335 g/mol. The van der Waals surface area contributed by atoms with Crippen LogP contribution in [-0.4, -0.2) is 38.1 Å². The van der Waals surface area contributed by atoms with Crippen molar-refractivity contribution in [1.82, 2.24) is 0 Å². The number of quaternary nitrogens is 1. The van der Waals surface area contributed by atoms with E-state index in [2.05, 4.69) is 51.4 Å². The van der Waals surface area contributed by atoms with Gasteiger partial charge in [-0.05, 0) is 26.0 Å². The molecule has 126 valence electrons. The van der Waals surface area contributed by atoms with Crippen LogP contribution in [0.15, 0.2) is 59.5 Å². The molecule has 0 atom stereocenters. The maximum atomic E-state index is 10.4. The zero-order valence-electron chi connectivity index (χ0n) is 14.2. The fraction of sp³-hybridized carbons (Fsp3) is 0.333. The van der Waals surface area contributed by atoms with Gasteiger partial charge < -0.3 is 9.04 Å². The summed E-state index contributed by atoms with van der Waals surface area (Å²) in [4.78, 5) is -0.178. The molecule has 0 amide bonds. The summed E-state index contributed by atoms with van der Waals surface area (Å²) in [5.41, 5.74) is 2.35. The molecular weight excluding hydrogens is 310 g/mol. The third-order valence-corrected chi connectivity index (χ3v) is 4.47. The van der Waals surface area contributed by atoms with Crippen molar-refractivity contribution in [1.29, 1.82) is 0 Å². The molecule has 0 fully saturated rings. The molecule has 0 aliphatic rings. The van der Waals surface area contributed by atoms with Gasteiger partial charge in [0.25, 0.3) is 0 Å². The maximum Gasteiger partial charge on any atom is 0.124 e. The predicted octanol–water partition coefficient (Wildman–Crippen LogP) is 3.18. The van der Waals surface area contributed by atoms with E-state index in [1.165, 1.54) is 24.2 Å². The minimum absolute atomic E-state index is 0.178. The molecule has 0 aromatic heterocycles. The molecule has 0 heterocycles. The molecule has 0 N–H and O–H groups in total. The summed E-state index contributed by atoms with van der Waals surface area (Å²) in [7, 11) is 0.244.